The van der Waals surface area contributed by atoms with Gasteiger partial charge in [0.1, 0.15) is 0 Å². The van der Waals surface area contributed by atoms with E-state index in [1.807, 2.05) is 0 Å². The largest absolute Gasteiger partial charge is 0.383 e. The molecule has 0 radical (unpaired) electrons. The van der Waals surface area contributed by atoms with E-state index in [1.54, 1.807) is 12.1 Å². The molecule has 0 bridgehead atoms. The summed E-state index contributed by atoms with van der Waals surface area (Å²) in [4.78, 5) is 22.0. The molecule has 1 aliphatic carbocycles. The van der Waals surface area contributed by atoms with E-state index >= 15 is 0 Å². The van der Waals surface area contributed by atoms with E-state index in [2.05, 4.69) is 22.8 Å². The zero-order valence-corrected chi connectivity index (χ0v) is 11.7. The van der Waals surface area contributed by atoms with Crippen LogP contribution >= 0.6 is 0 Å². The zero-order chi connectivity index (χ0) is 15.1. The Kier molecular flexibility index (Phi) is 5.31. The van der Waals surface area contributed by atoms with Crippen LogP contribution in [0.3, 0.4) is 0 Å². The highest BCUT2D eigenvalue weighted by atomic mass is 16.6. The number of hydrogen-bond donors (Lipinski definition) is 2. The van der Waals surface area contributed by atoms with E-state index < -0.39 is 4.92 Å². The molecular formula is C15H19N3O3. The van der Waals surface area contributed by atoms with Gasteiger partial charge in [-0.25, -0.2) is 0 Å². The summed E-state index contributed by atoms with van der Waals surface area (Å²) in [5, 5.41) is 16.6. The summed E-state index contributed by atoms with van der Waals surface area (Å²) in [7, 11) is 0. The molecule has 1 aromatic carbocycles. The predicted octanol–water partition coefficient (Wildman–Crippen LogP) is 2.48. The Labute approximate surface area is 123 Å². The monoisotopic (exact) mass is 289 g/mol. The fourth-order valence-electron chi connectivity index (χ4n) is 2.27. The molecule has 1 amide bonds. The Morgan fingerprint density at radius 2 is 2.00 bits per heavy atom. The lowest BCUT2D eigenvalue weighted by Gasteiger charge is -2.17. The van der Waals surface area contributed by atoms with Gasteiger partial charge >= 0.3 is 0 Å². The number of nitrogens with zero attached hydrogens (tertiary/aromatic N) is 1. The highest BCUT2D eigenvalue weighted by Gasteiger charge is 2.17. The SMILES string of the molecule is O=C(NCCNc1ccc([N+](=O)[O-])cc1)C1CC=CCC1. The van der Waals surface area contributed by atoms with Crippen LogP contribution < -0.4 is 10.6 Å². The molecule has 21 heavy (non-hydrogen) atoms. The van der Waals surface area contributed by atoms with Crippen LogP contribution in [0.1, 0.15) is 19.3 Å². The number of non-ortho nitro benzene ring substituents is 1. The standard InChI is InChI=1S/C15H19N3O3/c19-15(12-4-2-1-3-5-12)17-11-10-16-13-6-8-14(9-7-13)18(20)21/h1-2,6-9,12,16H,3-5,10-11H2,(H,17,19). The zero-order valence-electron chi connectivity index (χ0n) is 11.7. The maximum atomic E-state index is 11.9. The summed E-state index contributed by atoms with van der Waals surface area (Å²) in [5.41, 5.74) is 0.870. The summed E-state index contributed by atoms with van der Waals surface area (Å²) in [6.07, 6.45) is 6.88. The van der Waals surface area contributed by atoms with Gasteiger partial charge in [-0.2, -0.15) is 0 Å². The van der Waals surface area contributed by atoms with Gasteiger partial charge in [0.2, 0.25) is 5.91 Å². The maximum Gasteiger partial charge on any atom is 0.269 e. The molecule has 6 heteroatoms. The smallest absolute Gasteiger partial charge is 0.269 e. The second kappa shape index (κ2) is 7.42. The van der Waals surface area contributed by atoms with E-state index in [9.17, 15) is 14.9 Å². The van der Waals surface area contributed by atoms with Gasteiger partial charge in [-0.15, -0.1) is 0 Å². The van der Waals surface area contributed by atoms with Gasteiger partial charge in [-0.05, 0) is 31.4 Å². The van der Waals surface area contributed by atoms with E-state index in [-0.39, 0.29) is 17.5 Å². The minimum Gasteiger partial charge on any atom is -0.383 e. The van der Waals surface area contributed by atoms with Crippen molar-refractivity contribution in [2.45, 2.75) is 19.3 Å². The van der Waals surface area contributed by atoms with Crippen molar-refractivity contribution in [2.24, 2.45) is 5.92 Å². The van der Waals surface area contributed by atoms with Crippen molar-refractivity contribution in [1.29, 1.82) is 0 Å². The molecular weight excluding hydrogens is 270 g/mol. The van der Waals surface area contributed by atoms with Gasteiger partial charge in [0.25, 0.3) is 5.69 Å². The Hall–Kier alpha value is -2.37. The van der Waals surface area contributed by atoms with Crippen molar-refractivity contribution in [3.05, 3.63) is 46.5 Å². The predicted molar refractivity (Wildman–Crippen MR) is 81.1 cm³/mol. The van der Waals surface area contributed by atoms with E-state index in [0.29, 0.717) is 13.1 Å². The number of nitro groups is 1. The van der Waals surface area contributed by atoms with Gasteiger partial charge in [0.15, 0.2) is 0 Å². The number of allylic oxidation sites excluding steroid dienone is 2. The van der Waals surface area contributed by atoms with E-state index in [4.69, 9.17) is 0 Å². The average molecular weight is 289 g/mol. The molecule has 0 saturated heterocycles. The fourth-order valence-corrected chi connectivity index (χ4v) is 2.27. The molecule has 2 rings (SSSR count). The van der Waals surface area contributed by atoms with Gasteiger partial charge in [0, 0.05) is 36.8 Å². The maximum absolute atomic E-state index is 11.9. The topological polar surface area (TPSA) is 84.3 Å². The number of nitro benzene ring substituents is 1. The first kappa shape index (κ1) is 15.0. The molecule has 0 aliphatic heterocycles. The van der Waals surface area contributed by atoms with Crippen LogP contribution in [0, 0.1) is 16.0 Å². The minimum atomic E-state index is -0.428. The number of hydrogen-bond acceptors (Lipinski definition) is 4. The molecule has 112 valence electrons. The van der Waals surface area contributed by atoms with Crippen LogP contribution in [0.15, 0.2) is 36.4 Å². The summed E-state index contributed by atoms with van der Waals surface area (Å²) >= 11 is 0. The lowest BCUT2D eigenvalue weighted by molar-refractivity contribution is -0.384. The third-order valence-electron chi connectivity index (χ3n) is 3.47. The van der Waals surface area contributed by atoms with Crippen LogP contribution in [-0.4, -0.2) is 23.9 Å². The fraction of sp³-hybridized carbons (Fsp3) is 0.400. The third kappa shape index (κ3) is 4.59. The molecule has 2 N–H and O–H groups in total. The van der Waals surface area contributed by atoms with Crippen molar-refractivity contribution in [3.8, 4) is 0 Å². The van der Waals surface area contributed by atoms with Crippen molar-refractivity contribution in [3.63, 3.8) is 0 Å². The molecule has 0 spiro atoms. The second-order valence-electron chi connectivity index (χ2n) is 5.00. The lowest BCUT2D eigenvalue weighted by Crippen LogP contribution is -2.34. The Bertz CT molecular complexity index is 525. The number of carbonyl (C=O) groups is 1. The molecule has 1 unspecified atom stereocenters. The molecule has 0 heterocycles. The Morgan fingerprint density at radius 1 is 1.24 bits per heavy atom. The minimum absolute atomic E-state index is 0.0687. The van der Waals surface area contributed by atoms with Crippen molar-refractivity contribution < 1.29 is 9.72 Å². The number of rotatable bonds is 6. The summed E-state index contributed by atoms with van der Waals surface area (Å²) in [5.74, 6) is 0.194. The summed E-state index contributed by atoms with van der Waals surface area (Å²) < 4.78 is 0. The lowest BCUT2D eigenvalue weighted by atomic mass is 9.94. The Morgan fingerprint density at radius 3 is 2.62 bits per heavy atom. The van der Waals surface area contributed by atoms with Gasteiger partial charge < -0.3 is 10.6 Å². The molecule has 0 aromatic heterocycles. The summed E-state index contributed by atoms with van der Waals surface area (Å²) in [6, 6.07) is 6.22. The molecule has 1 aromatic rings. The first-order valence-corrected chi connectivity index (χ1v) is 7.08. The van der Waals surface area contributed by atoms with Gasteiger partial charge in [0.05, 0.1) is 4.92 Å². The van der Waals surface area contributed by atoms with Crippen LogP contribution in [0.4, 0.5) is 11.4 Å². The van der Waals surface area contributed by atoms with E-state index in [1.165, 1.54) is 12.1 Å². The number of benzene rings is 1. The van der Waals surface area contributed by atoms with Crippen LogP contribution in [0.2, 0.25) is 0 Å². The number of carbonyl (C=O) groups excluding carboxylic acids is 1. The average Bonchev–Trinajstić information content (AvgIpc) is 2.52. The molecule has 1 atom stereocenters. The van der Waals surface area contributed by atoms with Crippen molar-refractivity contribution >= 4 is 17.3 Å². The highest BCUT2D eigenvalue weighted by molar-refractivity contribution is 5.79. The van der Waals surface area contributed by atoms with Crippen molar-refractivity contribution in [2.75, 3.05) is 18.4 Å². The van der Waals surface area contributed by atoms with Gasteiger partial charge in [-0.1, -0.05) is 12.2 Å². The van der Waals surface area contributed by atoms with Crippen LogP contribution in [0.25, 0.3) is 0 Å². The quantitative estimate of drug-likeness (QED) is 0.365. The highest BCUT2D eigenvalue weighted by Crippen LogP contribution is 2.18. The Balaban J connectivity index is 1.68. The molecule has 0 saturated carbocycles. The first-order chi connectivity index (χ1) is 10.2. The normalized spacial score (nSPS) is 17.2. The third-order valence-corrected chi connectivity index (χ3v) is 3.47. The van der Waals surface area contributed by atoms with E-state index in [0.717, 1.165) is 24.9 Å². The van der Waals surface area contributed by atoms with Crippen LogP contribution in [-0.2, 0) is 4.79 Å². The molecule has 1 aliphatic rings. The van der Waals surface area contributed by atoms with Gasteiger partial charge in [-0.3, -0.25) is 14.9 Å². The summed E-state index contributed by atoms with van der Waals surface area (Å²) in [6.45, 7) is 1.13. The molecule has 6 nitrogen and oxygen atoms in total. The number of amides is 1. The van der Waals surface area contributed by atoms with Crippen LogP contribution in [0.5, 0.6) is 0 Å². The number of anilines is 1. The second-order valence-corrected chi connectivity index (χ2v) is 5.00. The molecule has 0 fully saturated rings. The first-order valence-electron chi connectivity index (χ1n) is 7.08. The van der Waals surface area contributed by atoms with Crippen molar-refractivity contribution in [1.82, 2.24) is 5.32 Å². The number of nitrogens with one attached hydrogen (secondary N) is 2.